The van der Waals surface area contributed by atoms with E-state index in [0.717, 1.165) is 66.4 Å². The molecule has 58 heavy (non-hydrogen) atoms. The summed E-state index contributed by atoms with van der Waals surface area (Å²) in [6, 6.07) is 67.5. The Balaban J connectivity index is 1.18. The zero-order valence-corrected chi connectivity index (χ0v) is 31.9. The molecule has 0 spiro atoms. The molecule has 0 aliphatic heterocycles. The van der Waals surface area contributed by atoms with Crippen LogP contribution in [0.4, 0.5) is 0 Å². The standard InChI is InChI=1S/C52H31N5S/c53-32-33-19-21-34(22-20-33)37-23-26-46-42(29-37)40-15-7-9-17-45(40)57(46)47-27-24-38(39-25-28-49-43(30-39)41-16-8-10-18-48(41)58-49)31-44(47)52-55-50(35-11-3-1-4-12-35)54-51(56-52)36-13-5-2-6-14-36/h1-31H. The van der Waals surface area contributed by atoms with E-state index in [1.807, 2.05) is 96.3 Å². The molecule has 3 heterocycles. The van der Waals surface area contributed by atoms with Crippen LogP contribution in [0.5, 0.6) is 0 Å². The van der Waals surface area contributed by atoms with Gasteiger partial charge in [-0.05, 0) is 82.9 Å². The first-order valence-corrected chi connectivity index (χ1v) is 20.0. The highest BCUT2D eigenvalue weighted by Gasteiger charge is 2.21. The first-order chi connectivity index (χ1) is 28.7. The van der Waals surface area contributed by atoms with Gasteiger partial charge in [-0.3, -0.25) is 0 Å². The van der Waals surface area contributed by atoms with Crippen molar-refractivity contribution in [1.82, 2.24) is 19.5 Å². The summed E-state index contributed by atoms with van der Waals surface area (Å²) in [4.78, 5) is 15.6. The van der Waals surface area contributed by atoms with Crippen molar-refractivity contribution in [3.05, 3.63) is 194 Å². The molecule has 11 rings (SSSR count). The van der Waals surface area contributed by atoms with E-state index < -0.39 is 0 Å². The molecule has 8 aromatic carbocycles. The number of rotatable bonds is 6. The summed E-state index contributed by atoms with van der Waals surface area (Å²) in [5, 5.41) is 14.2. The van der Waals surface area contributed by atoms with Crippen LogP contribution in [-0.2, 0) is 0 Å². The SMILES string of the molecule is N#Cc1ccc(-c2ccc3c(c2)c2ccccc2n3-c2ccc(-c3ccc4sc5ccccc5c4c3)cc2-c2nc(-c3ccccc3)nc(-c3ccccc3)n2)cc1. The quantitative estimate of drug-likeness (QED) is 0.169. The van der Waals surface area contributed by atoms with Gasteiger partial charge in [0.05, 0.1) is 28.4 Å². The second-order valence-corrected chi connectivity index (χ2v) is 15.4. The molecular weight excluding hydrogens is 727 g/mol. The number of benzene rings is 8. The predicted molar refractivity (Wildman–Crippen MR) is 239 cm³/mol. The van der Waals surface area contributed by atoms with Gasteiger partial charge in [0.25, 0.3) is 0 Å². The maximum atomic E-state index is 9.41. The number of nitriles is 1. The van der Waals surface area contributed by atoms with Crippen molar-refractivity contribution >= 4 is 53.3 Å². The Morgan fingerprint density at radius 3 is 1.67 bits per heavy atom. The number of fused-ring (bicyclic) bond motifs is 6. The third kappa shape index (κ3) is 5.73. The maximum Gasteiger partial charge on any atom is 0.166 e. The highest BCUT2D eigenvalue weighted by molar-refractivity contribution is 7.25. The molecule has 0 N–H and O–H groups in total. The molecule has 0 radical (unpaired) electrons. The van der Waals surface area contributed by atoms with Crippen LogP contribution in [0, 0.1) is 11.3 Å². The van der Waals surface area contributed by atoms with Crippen LogP contribution >= 0.6 is 11.3 Å². The molecule has 0 saturated carbocycles. The Morgan fingerprint density at radius 1 is 0.397 bits per heavy atom. The fourth-order valence-corrected chi connectivity index (χ4v) is 9.16. The fraction of sp³-hybridized carbons (Fsp3) is 0. The molecule has 0 atom stereocenters. The molecule has 11 aromatic rings. The fourth-order valence-electron chi connectivity index (χ4n) is 8.07. The summed E-state index contributed by atoms with van der Waals surface area (Å²) in [6.45, 7) is 0. The van der Waals surface area contributed by atoms with Gasteiger partial charge in [0, 0.05) is 47.6 Å². The van der Waals surface area contributed by atoms with E-state index in [9.17, 15) is 5.26 Å². The highest BCUT2D eigenvalue weighted by Crippen LogP contribution is 2.41. The first kappa shape index (κ1) is 33.6. The van der Waals surface area contributed by atoms with Gasteiger partial charge >= 0.3 is 0 Å². The summed E-state index contributed by atoms with van der Waals surface area (Å²) < 4.78 is 4.90. The molecule has 0 bridgehead atoms. The Kier molecular flexibility index (Phi) is 7.99. The van der Waals surface area contributed by atoms with Gasteiger partial charge in [-0.25, -0.2) is 15.0 Å². The summed E-state index contributed by atoms with van der Waals surface area (Å²) in [5.41, 5.74) is 10.8. The van der Waals surface area contributed by atoms with Crippen molar-refractivity contribution in [1.29, 1.82) is 5.26 Å². The van der Waals surface area contributed by atoms with Crippen molar-refractivity contribution < 1.29 is 0 Å². The summed E-state index contributed by atoms with van der Waals surface area (Å²) in [5.74, 6) is 1.81. The normalized spacial score (nSPS) is 11.4. The van der Waals surface area contributed by atoms with E-state index >= 15 is 0 Å². The summed E-state index contributed by atoms with van der Waals surface area (Å²) in [6.07, 6.45) is 0. The average Bonchev–Trinajstić information content (AvgIpc) is 3.84. The van der Waals surface area contributed by atoms with Crippen LogP contribution in [0.25, 0.3) is 104 Å². The lowest BCUT2D eigenvalue weighted by Crippen LogP contribution is -2.04. The molecule has 0 aliphatic carbocycles. The minimum absolute atomic E-state index is 0.590. The number of thiophene rings is 1. The summed E-state index contributed by atoms with van der Waals surface area (Å²) >= 11 is 1.83. The topological polar surface area (TPSA) is 67.4 Å². The van der Waals surface area contributed by atoms with E-state index in [2.05, 4.69) is 114 Å². The van der Waals surface area contributed by atoms with E-state index in [4.69, 9.17) is 15.0 Å². The minimum Gasteiger partial charge on any atom is -0.309 e. The van der Waals surface area contributed by atoms with Crippen molar-refractivity contribution in [3.63, 3.8) is 0 Å². The summed E-state index contributed by atoms with van der Waals surface area (Å²) in [7, 11) is 0. The van der Waals surface area contributed by atoms with Crippen molar-refractivity contribution in [2.24, 2.45) is 0 Å². The van der Waals surface area contributed by atoms with Gasteiger partial charge in [-0.2, -0.15) is 5.26 Å². The first-order valence-electron chi connectivity index (χ1n) is 19.2. The van der Waals surface area contributed by atoms with Crippen LogP contribution < -0.4 is 0 Å². The molecule has 0 unspecified atom stereocenters. The number of para-hydroxylation sites is 1. The zero-order valence-electron chi connectivity index (χ0n) is 31.0. The molecule has 0 aliphatic rings. The van der Waals surface area contributed by atoms with Gasteiger partial charge < -0.3 is 4.57 Å². The zero-order chi connectivity index (χ0) is 38.6. The van der Waals surface area contributed by atoms with E-state index in [0.29, 0.717) is 23.0 Å². The molecule has 0 amide bonds. The van der Waals surface area contributed by atoms with Crippen LogP contribution in [0.3, 0.4) is 0 Å². The molecule has 5 nitrogen and oxygen atoms in total. The number of hydrogen-bond donors (Lipinski definition) is 0. The van der Waals surface area contributed by atoms with Gasteiger partial charge in [-0.1, -0.05) is 127 Å². The maximum absolute atomic E-state index is 9.41. The third-order valence-electron chi connectivity index (χ3n) is 10.9. The molecule has 0 fully saturated rings. The Labute approximate surface area is 338 Å². The van der Waals surface area contributed by atoms with Crippen molar-refractivity contribution in [3.8, 4) is 68.2 Å². The van der Waals surface area contributed by atoms with Gasteiger partial charge in [0.2, 0.25) is 0 Å². The van der Waals surface area contributed by atoms with Crippen LogP contribution in [-0.4, -0.2) is 19.5 Å². The Bertz CT molecular complexity index is 3340. The largest absolute Gasteiger partial charge is 0.309 e. The van der Waals surface area contributed by atoms with Gasteiger partial charge in [0.1, 0.15) is 0 Å². The number of nitrogens with zero attached hydrogens (tertiary/aromatic N) is 5. The number of aromatic nitrogens is 4. The molecule has 6 heteroatoms. The van der Waals surface area contributed by atoms with E-state index in [-0.39, 0.29) is 0 Å². The monoisotopic (exact) mass is 757 g/mol. The second-order valence-electron chi connectivity index (χ2n) is 14.4. The minimum atomic E-state index is 0.590. The lowest BCUT2D eigenvalue weighted by Gasteiger charge is -2.16. The predicted octanol–water partition coefficient (Wildman–Crippen LogP) is 13.5. The van der Waals surface area contributed by atoms with Crippen LogP contribution in [0.1, 0.15) is 5.56 Å². The lowest BCUT2D eigenvalue weighted by molar-refractivity contribution is 1.06. The van der Waals surface area contributed by atoms with Crippen molar-refractivity contribution in [2.75, 3.05) is 0 Å². The molecule has 270 valence electrons. The third-order valence-corrected chi connectivity index (χ3v) is 12.1. The van der Waals surface area contributed by atoms with Crippen LogP contribution in [0.15, 0.2) is 188 Å². The molecule has 3 aromatic heterocycles. The van der Waals surface area contributed by atoms with Crippen LogP contribution in [0.2, 0.25) is 0 Å². The molecular formula is C52H31N5S. The smallest absolute Gasteiger partial charge is 0.166 e. The average molecular weight is 758 g/mol. The Morgan fingerprint density at radius 2 is 0.931 bits per heavy atom. The van der Waals surface area contributed by atoms with Gasteiger partial charge in [0.15, 0.2) is 17.5 Å². The van der Waals surface area contributed by atoms with E-state index in [1.54, 1.807) is 0 Å². The molecule has 0 saturated heterocycles. The lowest BCUT2D eigenvalue weighted by atomic mass is 9.99. The Hall–Kier alpha value is -7.72. The van der Waals surface area contributed by atoms with E-state index in [1.165, 1.54) is 20.2 Å². The number of hydrogen-bond acceptors (Lipinski definition) is 5. The highest BCUT2D eigenvalue weighted by atomic mass is 32.1. The van der Waals surface area contributed by atoms with Gasteiger partial charge in [-0.15, -0.1) is 11.3 Å². The second kappa shape index (κ2) is 13.8. The van der Waals surface area contributed by atoms with Crippen molar-refractivity contribution in [2.45, 2.75) is 0 Å².